The number of aromatic nitrogens is 1. The summed E-state index contributed by atoms with van der Waals surface area (Å²) in [6.45, 7) is 0.759. The van der Waals surface area contributed by atoms with Crippen LogP contribution in [-0.2, 0) is 25.4 Å². The van der Waals surface area contributed by atoms with Gasteiger partial charge in [-0.3, -0.25) is 24.1 Å². The average Bonchev–Trinajstić information content (AvgIpc) is 3.74. The van der Waals surface area contributed by atoms with E-state index in [1.807, 2.05) is 0 Å². The third-order valence-electron chi connectivity index (χ3n) is 9.64. The molecule has 10 nitrogen and oxygen atoms in total. The maximum atomic E-state index is 13.7. The highest BCUT2D eigenvalue weighted by molar-refractivity contribution is 8.00. The summed E-state index contributed by atoms with van der Waals surface area (Å²) in [5, 5.41) is 12.8. The Morgan fingerprint density at radius 3 is 2.55 bits per heavy atom. The van der Waals surface area contributed by atoms with Gasteiger partial charge in [0, 0.05) is 32.3 Å². The lowest BCUT2D eigenvalue weighted by Gasteiger charge is -2.43. The fraction of sp³-hybridized carbons (Fsp3) is 0.387. The van der Waals surface area contributed by atoms with E-state index in [0.29, 0.717) is 26.9 Å². The number of hydrogen-bond donors (Lipinski definition) is 3. The molecule has 1 aromatic heterocycles. The molecule has 16 heteroatoms. The number of halogens is 4. The zero-order valence-electron chi connectivity index (χ0n) is 24.2. The molecule has 0 spiro atoms. The van der Waals surface area contributed by atoms with Gasteiger partial charge >= 0.3 is 17.0 Å². The first-order chi connectivity index (χ1) is 22.2. The molecule has 1 saturated heterocycles. The van der Waals surface area contributed by atoms with Gasteiger partial charge in [0.05, 0.1) is 22.4 Å². The number of nitrogens with one attached hydrogen (secondary N) is 2. The van der Waals surface area contributed by atoms with Crippen molar-refractivity contribution in [2.75, 3.05) is 11.9 Å². The zero-order valence-corrected chi connectivity index (χ0v) is 26.6. The summed E-state index contributed by atoms with van der Waals surface area (Å²) in [5.41, 5.74) is -0.427. The number of imide groups is 1. The Hall–Kier alpha value is -3.82. The van der Waals surface area contributed by atoms with Gasteiger partial charge in [0.2, 0.25) is 11.8 Å². The maximum absolute atomic E-state index is 13.7. The lowest BCUT2D eigenvalue weighted by atomic mass is 9.68. The smallest absolute Gasteiger partial charge is 0.416 e. The van der Waals surface area contributed by atoms with Gasteiger partial charge in [-0.25, -0.2) is 4.79 Å². The minimum atomic E-state index is -4.59. The van der Waals surface area contributed by atoms with Gasteiger partial charge in [0.15, 0.2) is 6.61 Å². The predicted molar refractivity (Wildman–Crippen MR) is 164 cm³/mol. The van der Waals surface area contributed by atoms with Gasteiger partial charge in [0.1, 0.15) is 11.8 Å². The third-order valence-corrected chi connectivity index (χ3v) is 12.5. The number of aromatic amines is 1. The molecule has 3 amide bonds. The molecule has 2 bridgehead atoms. The van der Waals surface area contributed by atoms with Gasteiger partial charge in [-0.15, -0.1) is 11.8 Å². The number of anilines is 1. The van der Waals surface area contributed by atoms with Crippen molar-refractivity contribution < 1.29 is 42.2 Å². The molecule has 246 valence electrons. The Kier molecular flexibility index (Phi) is 7.71. The van der Waals surface area contributed by atoms with Crippen LogP contribution in [0.4, 0.5) is 18.9 Å². The number of carbonyl (C=O) groups is 4. The molecule has 2 aromatic carbocycles. The van der Waals surface area contributed by atoms with E-state index in [9.17, 15) is 42.3 Å². The van der Waals surface area contributed by atoms with E-state index in [2.05, 4.69) is 10.3 Å². The van der Waals surface area contributed by atoms with Gasteiger partial charge in [-0.1, -0.05) is 29.0 Å². The number of ether oxygens (including phenoxy) is 1. The van der Waals surface area contributed by atoms with Crippen LogP contribution in [0.15, 0.2) is 52.3 Å². The minimum absolute atomic E-state index is 0.0581. The molecule has 2 aliphatic heterocycles. The number of carboxylic acid groups (broad SMARTS) is 1. The molecule has 0 radical (unpaired) electrons. The molecule has 3 N–H and O–H groups in total. The van der Waals surface area contributed by atoms with E-state index < -0.39 is 65.8 Å². The van der Waals surface area contributed by atoms with Crippen molar-refractivity contribution in [2.24, 2.45) is 29.6 Å². The van der Waals surface area contributed by atoms with Gasteiger partial charge in [-0.2, -0.15) is 13.2 Å². The zero-order chi connectivity index (χ0) is 33.5. The Labute approximate surface area is 277 Å². The van der Waals surface area contributed by atoms with Crippen LogP contribution >= 0.6 is 34.7 Å². The van der Waals surface area contributed by atoms with Crippen molar-refractivity contribution in [3.63, 3.8) is 0 Å². The highest BCUT2D eigenvalue weighted by Crippen LogP contribution is 2.69. The van der Waals surface area contributed by atoms with E-state index in [-0.39, 0.29) is 39.3 Å². The molecule has 3 aromatic rings. The summed E-state index contributed by atoms with van der Waals surface area (Å²) in [6, 6.07) is 7.69. The lowest BCUT2D eigenvalue weighted by molar-refractivity contribution is -0.154. The quantitative estimate of drug-likeness (QED) is 0.289. The number of likely N-dealkylation sites (tertiary alicyclic amines) is 1. The number of aliphatic carboxylic acids is 1. The number of carbonyl (C=O) groups excluding carboxylic acids is 3. The van der Waals surface area contributed by atoms with Crippen LogP contribution < -0.4 is 14.9 Å². The predicted octanol–water partition coefficient (Wildman–Crippen LogP) is 5.07. The second-order valence-corrected chi connectivity index (χ2v) is 14.8. The van der Waals surface area contributed by atoms with Crippen LogP contribution in [0.2, 0.25) is 5.02 Å². The number of thioether (sulfide) groups is 1. The first-order valence-electron chi connectivity index (χ1n) is 14.6. The van der Waals surface area contributed by atoms with Crippen LogP contribution in [0, 0.1) is 29.6 Å². The first-order valence-corrected chi connectivity index (χ1v) is 16.7. The van der Waals surface area contributed by atoms with Gasteiger partial charge < -0.3 is 20.1 Å². The van der Waals surface area contributed by atoms with E-state index in [1.54, 1.807) is 18.2 Å². The van der Waals surface area contributed by atoms with Gasteiger partial charge in [-0.05, 0) is 67.5 Å². The summed E-state index contributed by atoms with van der Waals surface area (Å²) in [4.78, 5) is 68.5. The van der Waals surface area contributed by atoms with Crippen molar-refractivity contribution in [3.05, 3.63) is 73.2 Å². The third kappa shape index (κ3) is 5.22. The lowest BCUT2D eigenvalue weighted by Crippen LogP contribution is -2.44. The molecule has 3 fully saturated rings. The monoisotopic (exact) mass is 707 g/mol. The number of amides is 3. The summed E-state index contributed by atoms with van der Waals surface area (Å²) in [7, 11) is 0. The fourth-order valence-corrected chi connectivity index (χ4v) is 10.9. The molecular formula is C31H25ClF3N3O7S2. The number of thiazole rings is 1. The number of benzene rings is 2. The topological polar surface area (TPSA) is 146 Å². The standard InChI is InChI=1S/C31H25ClF3N3O7S2/c1-11(29(42)43)38-27(40)22-16-9-17(23(22)28(38)41)24-21(16)20(25-26(46-24)37-30(44)47-25)15-8-13(32)5-6-18(15)45-10-19(39)36-14-4-2-3-12(7-14)31(33,34)35/h2-8,11,16-17,20-24H,9-10H2,1H3,(H,36,39)(H,37,44)(H,42,43)/t11?,16?,17?,20-,21?,22?,23?,24?/m1/s1. The number of fused-ring (bicyclic) bond motifs is 9. The van der Waals surface area contributed by atoms with Crippen LogP contribution in [0.1, 0.15) is 35.3 Å². The Bertz CT molecular complexity index is 1900. The normalized spacial score (nSPS) is 28.1. The number of nitrogens with zero attached hydrogens (tertiary/aromatic N) is 1. The largest absolute Gasteiger partial charge is 0.483 e. The van der Waals surface area contributed by atoms with Crippen LogP contribution in [0.25, 0.3) is 0 Å². The second-order valence-electron chi connectivity index (χ2n) is 12.1. The van der Waals surface area contributed by atoms with Crippen molar-refractivity contribution in [1.82, 2.24) is 9.88 Å². The summed E-state index contributed by atoms with van der Waals surface area (Å²) >= 11 is 8.92. The fourth-order valence-electron chi connectivity index (χ4n) is 7.89. The number of hydrogen-bond acceptors (Lipinski definition) is 8. The second kappa shape index (κ2) is 11.4. The number of alkyl halides is 3. The SMILES string of the molecule is CC(C(=O)O)N1C(=O)C2C3CC(C2C1=O)C1C3Sc2[nH]c(=O)sc2[C@@H]1c1cc(Cl)ccc1OCC(=O)Nc1cccc(C(F)(F)F)c1. The highest BCUT2D eigenvalue weighted by Gasteiger charge is 2.70. The molecular weight excluding hydrogens is 683 g/mol. The average molecular weight is 708 g/mol. The number of rotatable bonds is 7. The minimum Gasteiger partial charge on any atom is -0.483 e. The van der Waals surface area contributed by atoms with E-state index in [1.165, 1.54) is 30.8 Å². The van der Waals surface area contributed by atoms with Crippen LogP contribution in [-0.4, -0.2) is 56.6 Å². The van der Waals surface area contributed by atoms with Crippen LogP contribution in [0.3, 0.4) is 0 Å². The van der Waals surface area contributed by atoms with E-state index >= 15 is 0 Å². The van der Waals surface area contributed by atoms with Crippen molar-refractivity contribution in [2.45, 2.75) is 41.8 Å². The van der Waals surface area contributed by atoms with Gasteiger partial charge in [0.25, 0.3) is 5.91 Å². The summed E-state index contributed by atoms with van der Waals surface area (Å²) in [6.07, 6.45) is -4.02. The van der Waals surface area contributed by atoms with Crippen molar-refractivity contribution in [1.29, 1.82) is 0 Å². The molecule has 4 aliphatic rings. The first kappa shape index (κ1) is 31.8. The van der Waals surface area contributed by atoms with Crippen molar-refractivity contribution in [3.8, 4) is 5.75 Å². The molecule has 2 saturated carbocycles. The van der Waals surface area contributed by atoms with Crippen molar-refractivity contribution >= 4 is 64.1 Å². The number of H-pyrrole nitrogens is 1. The summed E-state index contributed by atoms with van der Waals surface area (Å²) < 4.78 is 45.4. The molecule has 7 unspecified atom stereocenters. The number of carboxylic acids is 1. The molecule has 47 heavy (non-hydrogen) atoms. The Balaban J connectivity index is 1.21. The Morgan fingerprint density at radius 1 is 1.13 bits per heavy atom. The summed E-state index contributed by atoms with van der Waals surface area (Å²) in [5.74, 6) is -5.44. The maximum Gasteiger partial charge on any atom is 0.416 e. The highest BCUT2D eigenvalue weighted by atomic mass is 35.5. The Morgan fingerprint density at radius 2 is 1.85 bits per heavy atom. The molecule has 8 atom stereocenters. The molecule has 2 aliphatic carbocycles. The van der Waals surface area contributed by atoms with E-state index in [0.717, 1.165) is 28.4 Å². The molecule has 3 heterocycles. The van der Waals surface area contributed by atoms with Crippen LogP contribution in [0.5, 0.6) is 5.75 Å². The van der Waals surface area contributed by atoms with E-state index in [4.69, 9.17) is 16.3 Å². The molecule has 7 rings (SSSR count).